The Hall–Kier alpha value is -1.55. The molecule has 1 aliphatic carbocycles. The second kappa shape index (κ2) is 4.77. The van der Waals surface area contributed by atoms with Crippen molar-refractivity contribution in [2.75, 3.05) is 0 Å². The summed E-state index contributed by atoms with van der Waals surface area (Å²) in [5, 5.41) is 14.5. The lowest BCUT2D eigenvalue weighted by atomic mass is 9.75. The number of hydrogen-bond donors (Lipinski definition) is 1. The summed E-state index contributed by atoms with van der Waals surface area (Å²) in [5.41, 5.74) is 3.84. The number of hydrogen-bond acceptors (Lipinski definition) is 2. The topological polar surface area (TPSA) is 43.0 Å². The van der Waals surface area contributed by atoms with Gasteiger partial charge < -0.3 is 9.67 Å². The highest BCUT2D eigenvalue weighted by atomic mass is 16.3. The number of nitrogens with zero attached hydrogens (tertiary/aromatic N) is 3. The molecule has 1 aliphatic rings. The maximum Gasteiger partial charge on any atom is 0.0812 e. The van der Waals surface area contributed by atoms with Crippen molar-refractivity contribution in [1.82, 2.24) is 14.3 Å². The molecule has 0 aromatic carbocycles. The minimum Gasteiger partial charge on any atom is -0.388 e. The summed E-state index contributed by atoms with van der Waals surface area (Å²) in [6, 6.07) is 4.15. The molecule has 2 aromatic heterocycles. The van der Waals surface area contributed by atoms with Crippen LogP contribution in [0.15, 0.2) is 24.5 Å². The first-order valence-corrected chi connectivity index (χ1v) is 7.29. The predicted molar refractivity (Wildman–Crippen MR) is 78.4 cm³/mol. The Morgan fingerprint density at radius 2 is 2.20 bits per heavy atom. The summed E-state index contributed by atoms with van der Waals surface area (Å²) in [4.78, 5) is 0. The molecule has 0 fully saturated rings. The third-order valence-corrected chi connectivity index (χ3v) is 4.40. The smallest absolute Gasteiger partial charge is 0.0812 e. The van der Waals surface area contributed by atoms with Crippen LogP contribution in [-0.4, -0.2) is 19.5 Å². The van der Waals surface area contributed by atoms with Gasteiger partial charge in [0, 0.05) is 49.4 Å². The van der Waals surface area contributed by atoms with E-state index in [0.29, 0.717) is 0 Å². The maximum absolute atomic E-state index is 10.3. The number of rotatable bonds is 3. The van der Waals surface area contributed by atoms with E-state index >= 15 is 0 Å². The van der Waals surface area contributed by atoms with Gasteiger partial charge in [-0.15, -0.1) is 0 Å². The second-order valence-corrected chi connectivity index (χ2v) is 6.67. The van der Waals surface area contributed by atoms with Gasteiger partial charge in [0.15, 0.2) is 0 Å². The fraction of sp³-hybridized carbons (Fsp3) is 0.562. The molecule has 20 heavy (non-hydrogen) atoms. The fourth-order valence-corrected chi connectivity index (χ4v) is 3.28. The average molecular weight is 273 g/mol. The monoisotopic (exact) mass is 273 g/mol. The lowest BCUT2D eigenvalue weighted by Crippen LogP contribution is -2.27. The van der Waals surface area contributed by atoms with Crippen LogP contribution in [0.1, 0.15) is 43.3 Å². The lowest BCUT2D eigenvalue weighted by molar-refractivity contribution is 0.0979. The van der Waals surface area contributed by atoms with Gasteiger partial charge in [-0.1, -0.05) is 13.8 Å². The van der Waals surface area contributed by atoms with Crippen LogP contribution in [0, 0.1) is 5.41 Å². The van der Waals surface area contributed by atoms with Crippen LogP contribution in [0.3, 0.4) is 0 Å². The van der Waals surface area contributed by atoms with Crippen LogP contribution in [-0.2, 0) is 26.4 Å². The first kappa shape index (κ1) is 13.4. The molecule has 4 nitrogen and oxygen atoms in total. The highest BCUT2D eigenvalue weighted by Crippen LogP contribution is 2.41. The summed E-state index contributed by atoms with van der Waals surface area (Å²) < 4.78 is 4.22. The molecule has 2 aromatic rings. The van der Waals surface area contributed by atoms with Gasteiger partial charge in [0.05, 0.1) is 6.10 Å². The summed E-state index contributed by atoms with van der Waals surface area (Å²) in [7, 11) is 1.98. The Labute approximate surface area is 120 Å². The van der Waals surface area contributed by atoms with Crippen LogP contribution in [0.5, 0.6) is 0 Å². The van der Waals surface area contributed by atoms with E-state index in [1.165, 1.54) is 11.4 Å². The van der Waals surface area contributed by atoms with Crippen LogP contribution in [0.2, 0.25) is 0 Å². The zero-order valence-electron chi connectivity index (χ0n) is 12.5. The molecule has 2 heterocycles. The molecule has 0 amide bonds. The SMILES string of the molecule is Cn1nccc1CCn1ccc2c1CC(C)(C)CC2O. The summed E-state index contributed by atoms with van der Waals surface area (Å²) in [6.45, 7) is 5.41. The highest BCUT2D eigenvalue weighted by Gasteiger charge is 2.33. The molecule has 0 saturated heterocycles. The van der Waals surface area contributed by atoms with Crippen LogP contribution in [0.25, 0.3) is 0 Å². The summed E-state index contributed by atoms with van der Waals surface area (Å²) >= 11 is 0. The average Bonchev–Trinajstić information content (AvgIpc) is 2.92. The van der Waals surface area contributed by atoms with E-state index in [1.54, 1.807) is 0 Å². The van der Waals surface area contributed by atoms with Crippen molar-refractivity contribution in [2.45, 2.75) is 45.8 Å². The van der Waals surface area contributed by atoms with E-state index in [2.05, 4.69) is 41.8 Å². The number of aliphatic hydroxyl groups excluding tert-OH is 1. The van der Waals surface area contributed by atoms with Crippen LogP contribution < -0.4 is 0 Å². The van der Waals surface area contributed by atoms with Crippen molar-refractivity contribution in [3.8, 4) is 0 Å². The molecule has 108 valence electrons. The van der Waals surface area contributed by atoms with E-state index in [9.17, 15) is 5.11 Å². The van der Waals surface area contributed by atoms with Crippen LogP contribution in [0.4, 0.5) is 0 Å². The van der Waals surface area contributed by atoms with Gasteiger partial charge in [0.1, 0.15) is 0 Å². The van der Waals surface area contributed by atoms with Gasteiger partial charge >= 0.3 is 0 Å². The molecule has 1 unspecified atom stereocenters. The molecule has 4 heteroatoms. The second-order valence-electron chi connectivity index (χ2n) is 6.67. The molecule has 0 bridgehead atoms. The molecule has 1 N–H and O–H groups in total. The summed E-state index contributed by atoms with van der Waals surface area (Å²) in [6.07, 6.45) is 6.50. The molecule has 0 aliphatic heterocycles. The third kappa shape index (κ3) is 2.40. The number of fused-ring (bicyclic) bond motifs is 1. The van der Waals surface area contributed by atoms with Gasteiger partial charge in [0.2, 0.25) is 0 Å². The molecule has 0 radical (unpaired) electrons. The lowest BCUT2D eigenvalue weighted by Gasteiger charge is -2.34. The van der Waals surface area contributed by atoms with Crippen molar-refractivity contribution in [2.24, 2.45) is 12.5 Å². The zero-order valence-corrected chi connectivity index (χ0v) is 12.5. The molecular weight excluding hydrogens is 250 g/mol. The molecule has 1 atom stereocenters. The van der Waals surface area contributed by atoms with Gasteiger partial charge in [-0.2, -0.15) is 5.10 Å². The Morgan fingerprint density at radius 3 is 2.90 bits per heavy atom. The normalized spacial score (nSPS) is 20.9. The maximum atomic E-state index is 10.3. The fourth-order valence-electron chi connectivity index (χ4n) is 3.28. The van der Waals surface area contributed by atoms with E-state index in [4.69, 9.17) is 0 Å². The van der Waals surface area contributed by atoms with Gasteiger partial charge in [-0.3, -0.25) is 4.68 Å². The van der Waals surface area contributed by atoms with E-state index in [-0.39, 0.29) is 11.5 Å². The Balaban J connectivity index is 1.81. The Bertz CT molecular complexity index is 609. The molecule has 3 rings (SSSR count). The van der Waals surface area contributed by atoms with Crippen molar-refractivity contribution in [3.05, 3.63) is 41.5 Å². The largest absolute Gasteiger partial charge is 0.388 e. The minimum absolute atomic E-state index is 0.176. The van der Waals surface area contributed by atoms with Gasteiger partial charge in [-0.05, 0) is 30.4 Å². The van der Waals surface area contributed by atoms with Gasteiger partial charge in [0.25, 0.3) is 0 Å². The predicted octanol–water partition coefficient (Wildman–Crippen LogP) is 2.47. The van der Waals surface area contributed by atoms with Gasteiger partial charge in [-0.25, -0.2) is 0 Å². The Kier molecular flexibility index (Phi) is 3.21. The number of aryl methyl sites for hydroxylation is 3. The van der Waals surface area contributed by atoms with E-state index in [0.717, 1.165) is 31.4 Å². The summed E-state index contributed by atoms with van der Waals surface area (Å²) in [5.74, 6) is 0. The first-order valence-electron chi connectivity index (χ1n) is 7.29. The minimum atomic E-state index is -0.313. The molecular formula is C16H23N3O. The number of aliphatic hydroxyl groups is 1. The quantitative estimate of drug-likeness (QED) is 0.933. The first-order chi connectivity index (χ1) is 9.46. The van der Waals surface area contributed by atoms with Crippen molar-refractivity contribution in [3.63, 3.8) is 0 Å². The highest BCUT2D eigenvalue weighted by molar-refractivity contribution is 5.29. The molecule has 0 saturated carbocycles. The van der Waals surface area contributed by atoms with E-state index in [1.807, 2.05) is 17.9 Å². The third-order valence-electron chi connectivity index (χ3n) is 4.40. The standard InChI is InChI=1S/C16H23N3O/c1-16(2)10-14-13(15(20)11-16)6-9-19(14)8-5-12-4-7-17-18(12)3/h4,6-7,9,15,20H,5,8,10-11H2,1-3H3. The van der Waals surface area contributed by atoms with Crippen LogP contribution >= 0.6 is 0 Å². The molecule has 0 spiro atoms. The van der Waals surface area contributed by atoms with Crippen molar-refractivity contribution in [1.29, 1.82) is 0 Å². The zero-order chi connectivity index (χ0) is 14.3. The Morgan fingerprint density at radius 1 is 1.40 bits per heavy atom. The van der Waals surface area contributed by atoms with Crippen molar-refractivity contribution < 1.29 is 5.11 Å². The van der Waals surface area contributed by atoms with E-state index < -0.39 is 0 Å². The number of aromatic nitrogens is 3. The van der Waals surface area contributed by atoms with Crippen molar-refractivity contribution >= 4 is 0 Å².